The SMILES string of the molecule is Cl.Nc1cc(-c2nccn2C2(C3CC3)CC2)ccn1. The topological polar surface area (TPSA) is 56.7 Å². The zero-order valence-corrected chi connectivity index (χ0v) is 11.4. The van der Waals surface area contributed by atoms with Crippen LogP contribution in [-0.2, 0) is 5.54 Å². The van der Waals surface area contributed by atoms with Crippen molar-refractivity contribution in [2.24, 2.45) is 5.92 Å². The summed E-state index contributed by atoms with van der Waals surface area (Å²) in [5.41, 5.74) is 7.20. The first-order valence-electron chi connectivity index (χ1n) is 6.55. The number of aromatic nitrogens is 3. The molecule has 5 heteroatoms. The van der Waals surface area contributed by atoms with Crippen LogP contribution >= 0.6 is 12.4 Å². The van der Waals surface area contributed by atoms with Crippen molar-refractivity contribution in [3.63, 3.8) is 0 Å². The Morgan fingerprint density at radius 2 is 2.00 bits per heavy atom. The Labute approximate surface area is 118 Å². The van der Waals surface area contributed by atoms with E-state index in [1.165, 1.54) is 25.7 Å². The number of hydrogen-bond donors (Lipinski definition) is 1. The summed E-state index contributed by atoms with van der Waals surface area (Å²) in [6, 6.07) is 3.89. The van der Waals surface area contributed by atoms with Gasteiger partial charge in [-0.25, -0.2) is 9.97 Å². The van der Waals surface area contributed by atoms with Crippen LogP contribution in [0.15, 0.2) is 30.7 Å². The minimum atomic E-state index is 0. The van der Waals surface area contributed by atoms with Gasteiger partial charge in [0.05, 0.1) is 0 Å². The fourth-order valence-corrected chi connectivity index (χ4v) is 3.06. The largest absolute Gasteiger partial charge is 0.384 e. The van der Waals surface area contributed by atoms with Gasteiger partial charge in [-0.3, -0.25) is 0 Å². The van der Waals surface area contributed by atoms with Crippen molar-refractivity contribution >= 4 is 18.2 Å². The van der Waals surface area contributed by atoms with Crippen LogP contribution in [0.5, 0.6) is 0 Å². The number of nitrogens with two attached hydrogens (primary N) is 1. The maximum Gasteiger partial charge on any atom is 0.140 e. The van der Waals surface area contributed by atoms with E-state index in [2.05, 4.69) is 20.7 Å². The molecule has 4 nitrogen and oxygen atoms in total. The van der Waals surface area contributed by atoms with Crippen molar-refractivity contribution in [2.75, 3.05) is 5.73 Å². The normalized spacial score (nSPS) is 19.8. The van der Waals surface area contributed by atoms with Gasteiger partial charge < -0.3 is 10.3 Å². The van der Waals surface area contributed by atoms with E-state index in [4.69, 9.17) is 5.73 Å². The third-order valence-corrected chi connectivity index (χ3v) is 4.26. The Bertz CT molecular complexity index is 599. The molecular weight excluding hydrogens is 260 g/mol. The second kappa shape index (κ2) is 4.23. The molecule has 100 valence electrons. The third kappa shape index (κ3) is 1.91. The summed E-state index contributed by atoms with van der Waals surface area (Å²) in [5.74, 6) is 2.46. The predicted molar refractivity (Wildman–Crippen MR) is 77.1 cm³/mol. The maximum atomic E-state index is 5.76. The van der Waals surface area contributed by atoms with Gasteiger partial charge in [-0.15, -0.1) is 12.4 Å². The number of pyridine rings is 1. The van der Waals surface area contributed by atoms with Crippen LogP contribution in [0.25, 0.3) is 11.4 Å². The van der Waals surface area contributed by atoms with E-state index in [1.807, 2.05) is 18.3 Å². The first-order chi connectivity index (χ1) is 8.79. The van der Waals surface area contributed by atoms with Gasteiger partial charge in [-0.1, -0.05) is 0 Å². The van der Waals surface area contributed by atoms with Crippen LogP contribution < -0.4 is 5.73 Å². The average molecular weight is 277 g/mol. The Hall–Kier alpha value is -1.55. The fraction of sp³-hybridized carbons (Fsp3) is 0.429. The fourth-order valence-electron chi connectivity index (χ4n) is 3.06. The van der Waals surface area contributed by atoms with Gasteiger partial charge in [0.1, 0.15) is 11.6 Å². The highest BCUT2D eigenvalue weighted by molar-refractivity contribution is 5.85. The molecule has 0 amide bonds. The van der Waals surface area contributed by atoms with Gasteiger partial charge in [0.2, 0.25) is 0 Å². The monoisotopic (exact) mass is 276 g/mol. The number of anilines is 1. The highest BCUT2D eigenvalue weighted by Crippen LogP contribution is 2.60. The molecule has 0 aromatic carbocycles. The summed E-state index contributed by atoms with van der Waals surface area (Å²) in [6.07, 6.45) is 11.1. The zero-order chi connectivity index (χ0) is 12.2. The summed E-state index contributed by atoms with van der Waals surface area (Å²) in [6.45, 7) is 0. The molecule has 2 aliphatic carbocycles. The summed E-state index contributed by atoms with van der Waals surface area (Å²) >= 11 is 0. The summed E-state index contributed by atoms with van der Waals surface area (Å²) in [5, 5.41) is 0. The van der Waals surface area contributed by atoms with Gasteiger partial charge in [0, 0.05) is 29.7 Å². The quantitative estimate of drug-likeness (QED) is 0.938. The number of hydrogen-bond acceptors (Lipinski definition) is 3. The number of rotatable bonds is 3. The van der Waals surface area contributed by atoms with Crippen LogP contribution in [0.4, 0.5) is 5.82 Å². The lowest BCUT2D eigenvalue weighted by molar-refractivity contribution is 0.425. The summed E-state index contributed by atoms with van der Waals surface area (Å²) < 4.78 is 2.37. The second-order valence-electron chi connectivity index (χ2n) is 5.47. The van der Waals surface area contributed by atoms with Crippen molar-refractivity contribution < 1.29 is 0 Å². The summed E-state index contributed by atoms with van der Waals surface area (Å²) in [4.78, 5) is 8.57. The van der Waals surface area contributed by atoms with Crippen molar-refractivity contribution in [3.8, 4) is 11.4 Å². The van der Waals surface area contributed by atoms with Gasteiger partial charge in [0.25, 0.3) is 0 Å². The highest BCUT2D eigenvalue weighted by Gasteiger charge is 2.55. The molecule has 2 aromatic heterocycles. The third-order valence-electron chi connectivity index (χ3n) is 4.26. The van der Waals surface area contributed by atoms with Crippen LogP contribution in [-0.4, -0.2) is 14.5 Å². The van der Waals surface area contributed by atoms with Gasteiger partial charge >= 0.3 is 0 Å². The molecule has 2 N–H and O–H groups in total. The Kier molecular flexibility index (Phi) is 2.78. The molecule has 0 unspecified atom stereocenters. The number of nitrogen functional groups attached to an aromatic ring is 1. The van der Waals surface area contributed by atoms with E-state index in [1.54, 1.807) is 6.20 Å². The molecule has 19 heavy (non-hydrogen) atoms. The molecule has 0 bridgehead atoms. The second-order valence-corrected chi connectivity index (χ2v) is 5.47. The molecule has 2 aromatic rings. The lowest BCUT2D eigenvalue weighted by Crippen LogP contribution is -2.19. The van der Waals surface area contributed by atoms with Crippen molar-refractivity contribution in [1.29, 1.82) is 0 Å². The predicted octanol–water partition coefficient (Wildman–Crippen LogP) is 2.85. The minimum absolute atomic E-state index is 0. The van der Waals surface area contributed by atoms with Crippen LogP contribution in [0.1, 0.15) is 25.7 Å². The molecule has 0 radical (unpaired) electrons. The Morgan fingerprint density at radius 3 is 2.63 bits per heavy atom. The summed E-state index contributed by atoms with van der Waals surface area (Å²) in [7, 11) is 0. The lowest BCUT2D eigenvalue weighted by atomic mass is 10.1. The molecule has 0 saturated heterocycles. The average Bonchev–Trinajstić information content (AvgIpc) is 3.26. The molecule has 0 spiro atoms. The molecule has 0 aliphatic heterocycles. The van der Waals surface area contributed by atoms with E-state index in [0.717, 1.165) is 17.3 Å². The Morgan fingerprint density at radius 1 is 1.21 bits per heavy atom. The van der Waals surface area contributed by atoms with Crippen molar-refractivity contribution in [2.45, 2.75) is 31.2 Å². The van der Waals surface area contributed by atoms with Gasteiger partial charge in [-0.05, 0) is 43.7 Å². The van der Waals surface area contributed by atoms with E-state index < -0.39 is 0 Å². The molecule has 0 atom stereocenters. The molecule has 2 aliphatic rings. The number of nitrogens with zero attached hydrogens (tertiary/aromatic N) is 3. The van der Waals surface area contributed by atoms with Crippen molar-refractivity contribution in [1.82, 2.24) is 14.5 Å². The molecule has 2 saturated carbocycles. The maximum absolute atomic E-state index is 5.76. The standard InChI is InChI=1S/C14H16N4.ClH/c15-12-9-10(3-6-16-12)13-17-7-8-18(13)14(4-5-14)11-1-2-11;/h3,6-9,11H,1-2,4-5H2,(H2,15,16);1H. The van der Waals surface area contributed by atoms with E-state index in [-0.39, 0.29) is 12.4 Å². The molecule has 2 fully saturated rings. The first-order valence-corrected chi connectivity index (χ1v) is 6.55. The van der Waals surface area contributed by atoms with E-state index >= 15 is 0 Å². The zero-order valence-electron chi connectivity index (χ0n) is 10.6. The van der Waals surface area contributed by atoms with Crippen LogP contribution in [0.2, 0.25) is 0 Å². The van der Waals surface area contributed by atoms with Gasteiger partial charge in [0.15, 0.2) is 0 Å². The molecule has 2 heterocycles. The minimum Gasteiger partial charge on any atom is -0.384 e. The van der Waals surface area contributed by atoms with E-state index in [9.17, 15) is 0 Å². The van der Waals surface area contributed by atoms with Gasteiger partial charge in [-0.2, -0.15) is 0 Å². The van der Waals surface area contributed by atoms with Crippen molar-refractivity contribution in [3.05, 3.63) is 30.7 Å². The lowest BCUT2D eigenvalue weighted by Gasteiger charge is -2.19. The number of halogens is 1. The number of imidazole rings is 1. The Balaban J connectivity index is 0.00000110. The smallest absolute Gasteiger partial charge is 0.140 e. The van der Waals surface area contributed by atoms with Crippen LogP contribution in [0, 0.1) is 5.92 Å². The van der Waals surface area contributed by atoms with E-state index in [0.29, 0.717) is 11.4 Å². The molecular formula is C14H17ClN4. The first kappa shape index (κ1) is 12.5. The van der Waals surface area contributed by atoms with Crippen LogP contribution in [0.3, 0.4) is 0 Å². The highest BCUT2D eigenvalue weighted by atomic mass is 35.5. The molecule has 4 rings (SSSR count).